The molecular weight excluding hydrogens is 441 g/mol. The van der Waals surface area contributed by atoms with Gasteiger partial charge in [0.05, 0.1) is 0 Å². The highest BCUT2D eigenvalue weighted by atomic mass is 127. The molecule has 0 aromatic heterocycles. The third kappa shape index (κ3) is 4.97. The van der Waals surface area contributed by atoms with Crippen molar-refractivity contribution < 1.29 is 4.74 Å². The minimum Gasteiger partial charge on any atom is -0.457 e. The van der Waals surface area contributed by atoms with E-state index in [-0.39, 0.29) is 6.04 Å². The normalized spacial score (nSPS) is 12.2. The first-order valence-electron chi connectivity index (χ1n) is 7.06. The van der Waals surface area contributed by atoms with Crippen molar-refractivity contribution in [3.63, 3.8) is 0 Å². The van der Waals surface area contributed by atoms with Crippen molar-refractivity contribution in [1.29, 1.82) is 0 Å². The van der Waals surface area contributed by atoms with Gasteiger partial charge in [0.2, 0.25) is 0 Å². The average molecular weight is 460 g/mol. The molecular formula is C17H19BrINO. The predicted molar refractivity (Wildman–Crippen MR) is 100 cm³/mol. The predicted octanol–water partition coefficient (Wildman–Crippen LogP) is 5.91. The molecule has 2 nitrogen and oxygen atoms in total. The van der Waals surface area contributed by atoms with E-state index in [1.807, 2.05) is 36.4 Å². The van der Waals surface area contributed by atoms with Crippen LogP contribution in [0.15, 0.2) is 46.9 Å². The van der Waals surface area contributed by atoms with Crippen LogP contribution in [0.2, 0.25) is 0 Å². The topological polar surface area (TPSA) is 21.3 Å². The summed E-state index contributed by atoms with van der Waals surface area (Å²) in [5, 5.41) is 3.51. The van der Waals surface area contributed by atoms with Gasteiger partial charge in [-0.1, -0.05) is 22.9 Å². The minimum atomic E-state index is 0.251. The Kier molecular flexibility index (Phi) is 6.51. The second-order valence-electron chi connectivity index (χ2n) is 4.91. The molecule has 0 fully saturated rings. The van der Waals surface area contributed by atoms with E-state index >= 15 is 0 Å². The van der Waals surface area contributed by atoms with Crippen LogP contribution < -0.4 is 10.1 Å². The van der Waals surface area contributed by atoms with Crippen LogP contribution >= 0.6 is 38.5 Å². The summed E-state index contributed by atoms with van der Waals surface area (Å²) in [6, 6.07) is 14.5. The van der Waals surface area contributed by atoms with Gasteiger partial charge in [-0.05, 0) is 84.9 Å². The Labute approximate surface area is 148 Å². The van der Waals surface area contributed by atoms with Crippen LogP contribution in [-0.2, 0) is 0 Å². The summed E-state index contributed by atoms with van der Waals surface area (Å²) in [6.07, 6.45) is 1.12. The van der Waals surface area contributed by atoms with Crippen molar-refractivity contribution >= 4 is 38.5 Å². The molecule has 0 bridgehead atoms. The van der Waals surface area contributed by atoms with Crippen molar-refractivity contribution in [1.82, 2.24) is 5.32 Å². The Morgan fingerprint density at radius 3 is 2.57 bits per heavy atom. The molecule has 2 aromatic rings. The Hall–Kier alpha value is -0.590. The highest BCUT2D eigenvalue weighted by molar-refractivity contribution is 14.1. The van der Waals surface area contributed by atoms with E-state index in [0.717, 1.165) is 34.5 Å². The van der Waals surface area contributed by atoms with Crippen LogP contribution in [0, 0.1) is 3.57 Å². The van der Waals surface area contributed by atoms with Crippen LogP contribution in [0.1, 0.15) is 31.9 Å². The zero-order valence-electron chi connectivity index (χ0n) is 12.2. The summed E-state index contributed by atoms with van der Waals surface area (Å²) in [7, 11) is 0. The lowest BCUT2D eigenvalue weighted by Crippen LogP contribution is -2.19. The summed E-state index contributed by atoms with van der Waals surface area (Å²) in [5.41, 5.74) is 1.16. The third-order valence-electron chi connectivity index (χ3n) is 3.18. The first kappa shape index (κ1) is 16.8. The van der Waals surface area contributed by atoms with Gasteiger partial charge in [0.15, 0.2) is 0 Å². The first-order valence-corrected chi connectivity index (χ1v) is 8.93. The molecule has 0 aliphatic rings. The zero-order chi connectivity index (χ0) is 15.2. The van der Waals surface area contributed by atoms with Gasteiger partial charge in [-0.2, -0.15) is 0 Å². The van der Waals surface area contributed by atoms with E-state index in [1.54, 1.807) is 0 Å². The molecule has 2 rings (SSSR count). The molecule has 1 unspecified atom stereocenters. The monoisotopic (exact) mass is 459 g/mol. The maximum atomic E-state index is 6.06. The van der Waals surface area contributed by atoms with Gasteiger partial charge in [-0.3, -0.25) is 0 Å². The number of hydrogen-bond acceptors (Lipinski definition) is 2. The highest BCUT2D eigenvalue weighted by Gasteiger charge is 2.12. The Morgan fingerprint density at radius 2 is 1.90 bits per heavy atom. The van der Waals surface area contributed by atoms with Crippen LogP contribution in [0.5, 0.6) is 11.5 Å². The van der Waals surface area contributed by atoms with E-state index in [0.29, 0.717) is 0 Å². The van der Waals surface area contributed by atoms with Gasteiger partial charge >= 0.3 is 0 Å². The zero-order valence-corrected chi connectivity index (χ0v) is 15.9. The van der Waals surface area contributed by atoms with Crippen LogP contribution in [0.4, 0.5) is 0 Å². The van der Waals surface area contributed by atoms with E-state index in [2.05, 4.69) is 63.8 Å². The van der Waals surface area contributed by atoms with E-state index in [4.69, 9.17) is 4.74 Å². The molecule has 4 heteroatoms. The molecule has 0 aliphatic carbocycles. The molecule has 0 amide bonds. The molecule has 0 saturated heterocycles. The van der Waals surface area contributed by atoms with Gasteiger partial charge in [0.1, 0.15) is 11.5 Å². The molecule has 0 spiro atoms. The SMILES string of the molecule is CCCNC(C)c1cc(Br)ccc1Oc1ccc(I)cc1. The summed E-state index contributed by atoms with van der Waals surface area (Å²) < 4.78 is 8.33. The number of nitrogens with one attached hydrogen (secondary N) is 1. The Morgan fingerprint density at radius 1 is 1.19 bits per heavy atom. The largest absolute Gasteiger partial charge is 0.457 e. The number of benzene rings is 2. The molecule has 21 heavy (non-hydrogen) atoms. The minimum absolute atomic E-state index is 0.251. The quantitative estimate of drug-likeness (QED) is 0.542. The van der Waals surface area contributed by atoms with Gasteiger partial charge < -0.3 is 10.1 Å². The lowest BCUT2D eigenvalue weighted by atomic mass is 10.1. The van der Waals surface area contributed by atoms with Gasteiger partial charge in [-0.25, -0.2) is 0 Å². The second kappa shape index (κ2) is 8.15. The lowest BCUT2D eigenvalue weighted by Gasteiger charge is -2.18. The fourth-order valence-electron chi connectivity index (χ4n) is 2.05. The summed E-state index contributed by atoms with van der Waals surface area (Å²) in [4.78, 5) is 0. The fraction of sp³-hybridized carbons (Fsp3) is 0.294. The maximum absolute atomic E-state index is 6.06. The molecule has 0 heterocycles. The van der Waals surface area contributed by atoms with Crippen molar-refractivity contribution in [2.24, 2.45) is 0 Å². The Balaban J connectivity index is 2.23. The highest BCUT2D eigenvalue weighted by Crippen LogP contribution is 2.32. The van der Waals surface area contributed by atoms with Crippen molar-refractivity contribution in [3.8, 4) is 11.5 Å². The molecule has 112 valence electrons. The van der Waals surface area contributed by atoms with Gasteiger partial charge in [0, 0.05) is 19.6 Å². The summed E-state index contributed by atoms with van der Waals surface area (Å²) in [6.45, 7) is 5.33. The average Bonchev–Trinajstić information content (AvgIpc) is 2.49. The number of ether oxygens (including phenoxy) is 1. The molecule has 0 aliphatic heterocycles. The molecule has 1 atom stereocenters. The maximum Gasteiger partial charge on any atom is 0.132 e. The first-order chi connectivity index (χ1) is 10.1. The van der Waals surface area contributed by atoms with Gasteiger partial charge in [-0.15, -0.1) is 0 Å². The smallest absolute Gasteiger partial charge is 0.132 e. The number of rotatable bonds is 6. The fourth-order valence-corrected chi connectivity index (χ4v) is 2.79. The lowest BCUT2D eigenvalue weighted by molar-refractivity contribution is 0.460. The molecule has 2 aromatic carbocycles. The summed E-state index contributed by atoms with van der Waals surface area (Å²) in [5.74, 6) is 1.76. The van der Waals surface area contributed by atoms with E-state index in [9.17, 15) is 0 Å². The number of halogens is 2. The molecule has 0 saturated carbocycles. The van der Waals surface area contributed by atoms with Crippen molar-refractivity contribution in [2.75, 3.05) is 6.54 Å². The molecule has 0 radical (unpaired) electrons. The van der Waals surface area contributed by atoms with E-state index in [1.165, 1.54) is 3.57 Å². The summed E-state index contributed by atoms with van der Waals surface area (Å²) >= 11 is 5.84. The second-order valence-corrected chi connectivity index (χ2v) is 7.08. The Bertz CT molecular complexity index is 586. The van der Waals surface area contributed by atoms with Crippen molar-refractivity contribution in [3.05, 3.63) is 56.1 Å². The standard InChI is InChI=1S/C17H19BrINO/c1-3-10-20-12(2)16-11-13(18)4-9-17(16)21-15-7-5-14(19)6-8-15/h4-9,11-12,20H,3,10H2,1-2H3. The third-order valence-corrected chi connectivity index (χ3v) is 4.39. The van der Waals surface area contributed by atoms with Crippen LogP contribution in [0.25, 0.3) is 0 Å². The number of hydrogen-bond donors (Lipinski definition) is 1. The van der Waals surface area contributed by atoms with Gasteiger partial charge in [0.25, 0.3) is 0 Å². The van der Waals surface area contributed by atoms with Crippen molar-refractivity contribution in [2.45, 2.75) is 26.3 Å². The van der Waals surface area contributed by atoms with Crippen LogP contribution in [-0.4, -0.2) is 6.54 Å². The molecule has 1 N–H and O–H groups in total. The van der Waals surface area contributed by atoms with E-state index < -0.39 is 0 Å². The van der Waals surface area contributed by atoms with Crippen LogP contribution in [0.3, 0.4) is 0 Å².